The minimum Gasteiger partial charge on any atom is -0.480 e. The highest BCUT2D eigenvalue weighted by Gasteiger charge is 2.17. The standard InChI is InChI=1S/C13H15N3O3/c1-10(13(18)19)15-9-12(17)16(8-7-14)11-5-3-2-4-6-11/h2-6,10,15H,8-9H2,1H3,(H,18,19)/t10-/m1/s1. The van der Waals surface area contributed by atoms with E-state index in [2.05, 4.69) is 5.32 Å². The van der Waals surface area contributed by atoms with Crippen LogP contribution in [0.3, 0.4) is 0 Å². The van der Waals surface area contributed by atoms with Crippen molar-refractivity contribution in [2.24, 2.45) is 0 Å². The zero-order valence-corrected chi connectivity index (χ0v) is 10.5. The molecule has 0 heterocycles. The summed E-state index contributed by atoms with van der Waals surface area (Å²) < 4.78 is 0. The van der Waals surface area contributed by atoms with Gasteiger partial charge < -0.3 is 5.11 Å². The fraction of sp³-hybridized carbons (Fsp3) is 0.308. The molecule has 0 aliphatic heterocycles. The summed E-state index contributed by atoms with van der Waals surface area (Å²) in [6, 6.07) is 9.88. The first-order valence-electron chi connectivity index (χ1n) is 5.74. The molecule has 1 aromatic carbocycles. The van der Waals surface area contributed by atoms with Gasteiger partial charge in [-0.1, -0.05) is 18.2 Å². The number of carboxylic acid groups (broad SMARTS) is 1. The minimum absolute atomic E-state index is 0.0774. The molecule has 0 saturated heterocycles. The highest BCUT2D eigenvalue weighted by Crippen LogP contribution is 2.12. The first kappa shape index (κ1) is 14.7. The van der Waals surface area contributed by atoms with Crippen LogP contribution < -0.4 is 10.2 Å². The number of aliphatic carboxylic acids is 1. The molecule has 0 saturated carbocycles. The second-order valence-corrected chi connectivity index (χ2v) is 3.91. The highest BCUT2D eigenvalue weighted by atomic mass is 16.4. The number of nitrogens with one attached hydrogen (secondary N) is 1. The van der Waals surface area contributed by atoms with Crippen molar-refractivity contribution in [3.63, 3.8) is 0 Å². The molecule has 0 fully saturated rings. The molecule has 19 heavy (non-hydrogen) atoms. The monoisotopic (exact) mass is 261 g/mol. The Kier molecular flexibility index (Phi) is 5.51. The number of benzene rings is 1. The Morgan fingerprint density at radius 1 is 1.42 bits per heavy atom. The zero-order chi connectivity index (χ0) is 14.3. The molecule has 100 valence electrons. The number of nitriles is 1. The number of anilines is 1. The average molecular weight is 261 g/mol. The zero-order valence-electron chi connectivity index (χ0n) is 10.5. The molecule has 2 N–H and O–H groups in total. The van der Waals surface area contributed by atoms with Gasteiger partial charge in [-0.05, 0) is 19.1 Å². The lowest BCUT2D eigenvalue weighted by Gasteiger charge is -2.20. The second-order valence-electron chi connectivity index (χ2n) is 3.91. The number of carboxylic acids is 1. The molecule has 0 aliphatic rings. The summed E-state index contributed by atoms with van der Waals surface area (Å²) in [6.07, 6.45) is 0. The predicted molar refractivity (Wildman–Crippen MR) is 69.5 cm³/mol. The van der Waals surface area contributed by atoms with Crippen LogP contribution in [0.25, 0.3) is 0 Å². The van der Waals surface area contributed by atoms with Crippen LogP contribution in [0.4, 0.5) is 5.69 Å². The Hall–Kier alpha value is -2.39. The van der Waals surface area contributed by atoms with Crippen molar-refractivity contribution < 1.29 is 14.7 Å². The van der Waals surface area contributed by atoms with Crippen LogP contribution in [-0.4, -0.2) is 36.1 Å². The molecule has 0 aromatic heterocycles. The van der Waals surface area contributed by atoms with Gasteiger partial charge in [0.05, 0.1) is 12.6 Å². The van der Waals surface area contributed by atoms with Crippen LogP contribution in [0.5, 0.6) is 0 Å². The Morgan fingerprint density at radius 3 is 2.58 bits per heavy atom. The van der Waals surface area contributed by atoms with Crippen molar-refractivity contribution in [3.8, 4) is 6.07 Å². The third kappa shape index (κ3) is 4.41. The van der Waals surface area contributed by atoms with Gasteiger partial charge in [-0.15, -0.1) is 0 Å². The van der Waals surface area contributed by atoms with Crippen molar-refractivity contribution >= 4 is 17.6 Å². The first-order chi connectivity index (χ1) is 9.06. The third-order valence-corrected chi connectivity index (χ3v) is 2.53. The van der Waals surface area contributed by atoms with E-state index in [1.807, 2.05) is 12.1 Å². The van der Waals surface area contributed by atoms with Gasteiger partial charge in [0.25, 0.3) is 0 Å². The van der Waals surface area contributed by atoms with Crippen molar-refractivity contribution in [3.05, 3.63) is 30.3 Å². The maximum absolute atomic E-state index is 12.0. The summed E-state index contributed by atoms with van der Waals surface area (Å²) in [4.78, 5) is 23.9. The van der Waals surface area contributed by atoms with Crippen LogP contribution in [0.2, 0.25) is 0 Å². The maximum atomic E-state index is 12.0. The lowest BCUT2D eigenvalue weighted by atomic mass is 10.2. The van der Waals surface area contributed by atoms with Gasteiger partial charge in [-0.25, -0.2) is 0 Å². The molecule has 0 radical (unpaired) electrons. The highest BCUT2D eigenvalue weighted by molar-refractivity contribution is 5.95. The van der Waals surface area contributed by atoms with Crippen LogP contribution in [0, 0.1) is 11.3 Å². The Balaban J connectivity index is 2.70. The molecule has 1 rings (SSSR count). The largest absolute Gasteiger partial charge is 0.480 e. The minimum atomic E-state index is -1.03. The molecular weight excluding hydrogens is 246 g/mol. The normalized spacial score (nSPS) is 11.4. The van der Waals surface area contributed by atoms with E-state index in [1.54, 1.807) is 24.3 Å². The summed E-state index contributed by atoms with van der Waals surface area (Å²) in [5.74, 6) is -1.37. The van der Waals surface area contributed by atoms with E-state index in [-0.39, 0.29) is 19.0 Å². The summed E-state index contributed by atoms with van der Waals surface area (Å²) >= 11 is 0. The fourth-order valence-electron chi connectivity index (χ4n) is 1.43. The van der Waals surface area contributed by atoms with Gasteiger partial charge in [-0.3, -0.25) is 19.8 Å². The summed E-state index contributed by atoms with van der Waals surface area (Å²) in [5, 5.41) is 20.1. The Labute approximate surface area is 111 Å². The number of para-hydroxylation sites is 1. The lowest BCUT2D eigenvalue weighted by molar-refractivity contribution is -0.139. The lowest BCUT2D eigenvalue weighted by Crippen LogP contribution is -2.43. The number of nitrogens with zero attached hydrogens (tertiary/aromatic N) is 2. The third-order valence-electron chi connectivity index (χ3n) is 2.53. The maximum Gasteiger partial charge on any atom is 0.320 e. The molecular formula is C13H15N3O3. The van der Waals surface area contributed by atoms with Crippen molar-refractivity contribution in [1.29, 1.82) is 5.26 Å². The van der Waals surface area contributed by atoms with Gasteiger partial charge in [0.2, 0.25) is 5.91 Å². The van der Waals surface area contributed by atoms with E-state index >= 15 is 0 Å². The second kappa shape index (κ2) is 7.13. The number of hydrogen-bond acceptors (Lipinski definition) is 4. The topological polar surface area (TPSA) is 93.4 Å². The van der Waals surface area contributed by atoms with Gasteiger partial charge in [0.15, 0.2) is 0 Å². The molecule has 1 atom stereocenters. The molecule has 6 heteroatoms. The molecule has 6 nitrogen and oxygen atoms in total. The van der Waals surface area contributed by atoms with E-state index in [0.717, 1.165) is 0 Å². The Bertz CT molecular complexity index is 482. The Morgan fingerprint density at radius 2 is 2.05 bits per heavy atom. The number of hydrogen-bond donors (Lipinski definition) is 2. The fourth-order valence-corrected chi connectivity index (χ4v) is 1.43. The number of carbonyl (C=O) groups excluding carboxylic acids is 1. The van der Waals surface area contributed by atoms with Gasteiger partial charge in [0, 0.05) is 5.69 Å². The van der Waals surface area contributed by atoms with Gasteiger partial charge >= 0.3 is 5.97 Å². The van der Waals surface area contributed by atoms with Crippen LogP contribution >= 0.6 is 0 Å². The molecule has 0 bridgehead atoms. The van der Waals surface area contributed by atoms with E-state index in [0.29, 0.717) is 5.69 Å². The number of rotatable bonds is 6. The summed E-state index contributed by atoms with van der Waals surface area (Å²) in [5.41, 5.74) is 0.610. The first-order valence-corrected chi connectivity index (χ1v) is 5.74. The van der Waals surface area contributed by atoms with E-state index in [4.69, 9.17) is 10.4 Å². The molecule has 1 amide bonds. The van der Waals surface area contributed by atoms with E-state index in [1.165, 1.54) is 11.8 Å². The molecule has 0 aliphatic carbocycles. The average Bonchev–Trinajstić information content (AvgIpc) is 2.42. The van der Waals surface area contributed by atoms with Crippen LogP contribution in [-0.2, 0) is 9.59 Å². The van der Waals surface area contributed by atoms with Crippen molar-refractivity contribution in [2.75, 3.05) is 18.0 Å². The molecule has 1 aromatic rings. The smallest absolute Gasteiger partial charge is 0.320 e. The predicted octanol–water partition coefficient (Wildman–Crippen LogP) is 0.606. The van der Waals surface area contributed by atoms with E-state index < -0.39 is 12.0 Å². The SMILES string of the molecule is C[C@@H](NCC(=O)N(CC#N)c1ccccc1)C(=O)O. The molecule has 0 unspecified atom stereocenters. The van der Waals surface area contributed by atoms with Crippen molar-refractivity contribution in [1.82, 2.24) is 5.32 Å². The molecule has 0 spiro atoms. The number of amides is 1. The summed E-state index contributed by atoms with van der Waals surface area (Å²) in [6.45, 7) is 1.24. The quantitative estimate of drug-likeness (QED) is 0.732. The van der Waals surface area contributed by atoms with E-state index in [9.17, 15) is 9.59 Å². The van der Waals surface area contributed by atoms with Crippen LogP contribution in [0.15, 0.2) is 30.3 Å². The van der Waals surface area contributed by atoms with Crippen molar-refractivity contribution in [2.45, 2.75) is 13.0 Å². The van der Waals surface area contributed by atoms with Gasteiger partial charge in [0.1, 0.15) is 12.6 Å². The number of carbonyl (C=O) groups is 2. The van der Waals surface area contributed by atoms with Crippen LogP contribution in [0.1, 0.15) is 6.92 Å². The van der Waals surface area contributed by atoms with Gasteiger partial charge in [-0.2, -0.15) is 5.26 Å². The summed E-state index contributed by atoms with van der Waals surface area (Å²) in [7, 11) is 0.